The molecule has 7 nitrogen and oxygen atoms in total. The Labute approximate surface area is 187 Å². The molecule has 1 fully saturated rings. The van der Waals surface area contributed by atoms with Crippen LogP contribution in [0, 0.1) is 5.92 Å². The van der Waals surface area contributed by atoms with Crippen LogP contribution < -0.4 is 4.90 Å². The van der Waals surface area contributed by atoms with E-state index in [1.54, 1.807) is 29.2 Å². The number of anilines is 1. The molecule has 0 aliphatic carbocycles. The van der Waals surface area contributed by atoms with E-state index in [9.17, 15) is 18.0 Å². The van der Waals surface area contributed by atoms with Crippen molar-refractivity contribution in [2.45, 2.75) is 64.7 Å². The minimum absolute atomic E-state index is 0.0357. The van der Waals surface area contributed by atoms with E-state index in [1.807, 2.05) is 32.6 Å². The van der Waals surface area contributed by atoms with E-state index in [0.717, 1.165) is 25.7 Å². The molecule has 1 aromatic carbocycles. The molecular formula is C23H37N3O4S. The summed E-state index contributed by atoms with van der Waals surface area (Å²) in [6.45, 7) is 10.7. The molecule has 1 heterocycles. The highest BCUT2D eigenvalue weighted by molar-refractivity contribution is 7.89. The number of nitrogens with zero attached hydrogens (tertiary/aromatic N) is 3. The quantitative estimate of drug-likeness (QED) is 0.487. The van der Waals surface area contributed by atoms with Crippen molar-refractivity contribution in [3.8, 4) is 0 Å². The number of carbonyl (C=O) groups excluding carboxylic acids is 2. The van der Waals surface area contributed by atoms with Crippen molar-refractivity contribution in [3.63, 3.8) is 0 Å². The summed E-state index contributed by atoms with van der Waals surface area (Å²) in [6.07, 6.45) is 3.48. The van der Waals surface area contributed by atoms with Gasteiger partial charge in [0, 0.05) is 44.8 Å². The fourth-order valence-corrected chi connectivity index (χ4v) is 5.67. The third kappa shape index (κ3) is 6.07. The van der Waals surface area contributed by atoms with Gasteiger partial charge < -0.3 is 9.80 Å². The van der Waals surface area contributed by atoms with Gasteiger partial charge in [0.2, 0.25) is 21.8 Å². The molecule has 1 atom stereocenters. The molecule has 2 amide bonds. The summed E-state index contributed by atoms with van der Waals surface area (Å²) in [5.41, 5.74) is 0.634. The highest BCUT2D eigenvalue weighted by atomic mass is 32.2. The molecule has 1 aromatic rings. The van der Waals surface area contributed by atoms with Crippen molar-refractivity contribution < 1.29 is 18.0 Å². The van der Waals surface area contributed by atoms with E-state index in [0.29, 0.717) is 38.4 Å². The second kappa shape index (κ2) is 11.6. The second-order valence-corrected chi connectivity index (χ2v) is 10.1. The van der Waals surface area contributed by atoms with Crippen LogP contribution in [0.3, 0.4) is 0 Å². The predicted octanol–water partition coefficient (Wildman–Crippen LogP) is 3.50. The lowest BCUT2D eigenvalue weighted by Crippen LogP contribution is -2.38. The van der Waals surface area contributed by atoms with Crippen LogP contribution >= 0.6 is 0 Å². The lowest BCUT2D eigenvalue weighted by atomic mass is 10.1. The van der Waals surface area contributed by atoms with Crippen LogP contribution in [0.4, 0.5) is 5.69 Å². The Balaban J connectivity index is 2.15. The van der Waals surface area contributed by atoms with Gasteiger partial charge in [0.05, 0.1) is 10.8 Å². The Morgan fingerprint density at radius 3 is 1.94 bits per heavy atom. The van der Waals surface area contributed by atoms with E-state index < -0.39 is 10.0 Å². The monoisotopic (exact) mass is 451 g/mol. The largest absolute Gasteiger partial charge is 0.342 e. The van der Waals surface area contributed by atoms with Crippen molar-refractivity contribution in [3.05, 3.63) is 24.3 Å². The number of amides is 2. The SMILES string of the molecule is CCCN(CCC)C(=O)[C@@H]1CC(=O)N(c2ccc(S(=O)(=O)N(CCC)CCC)cc2)C1. The second-order valence-electron chi connectivity index (χ2n) is 8.13. The molecule has 0 bridgehead atoms. The van der Waals surface area contributed by atoms with Gasteiger partial charge in [-0.2, -0.15) is 4.31 Å². The van der Waals surface area contributed by atoms with Crippen LogP contribution in [0.5, 0.6) is 0 Å². The zero-order valence-electron chi connectivity index (χ0n) is 19.3. The summed E-state index contributed by atoms with van der Waals surface area (Å²) in [5.74, 6) is -0.410. The number of sulfonamides is 1. The van der Waals surface area contributed by atoms with Gasteiger partial charge >= 0.3 is 0 Å². The number of benzene rings is 1. The van der Waals surface area contributed by atoms with Crippen LogP contribution in [0.25, 0.3) is 0 Å². The van der Waals surface area contributed by atoms with Crippen molar-refractivity contribution in [2.75, 3.05) is 37.6 Å². The fraction of sp³-hybridized carbons (Fsp3) is 0.652. The van der Waals surface area contributed by atoms with Crippen molar-refractivity contribution >= 4 is 27.5 Å². The first-order valence-corrected chi connectivity index (χ1v) is 12.9. The van der Waals surface area contributed by atoms with Crippen LogP contribution in [-0.2, 0) is 19.6 Å². The average molecular weight is 452 g/mol. The molecule has 31 heavy (non-hydrogen) atoms. The molecule has 1 aliphatic rings. The number of carbonyl (C=O) groups is 2. The highest BCUT2D eigenvalue weighted by Gasteiger charge is 2.37. The minimum atomic E-state index is -3.56. The van der Waals surface area contributed by atoms with Gasteiger partial charge in [-0.1, -0.05) is 27.7 Å². The molecule has 8 heteroatoms. The minimum Gasteiger partial charge on any atom is -0.342 e. The molecule has 2 rings (SSSR count). The lowest BCUT2D eigenvalue weighted by molar-refractivity contribution is -0.135. The van der Waals surface area contributed by atoms with Crippen molar-refractivity contribution in [2.24, 2.45) is 5.92 Å². The van der Waals surface area contributed by atoms with Crippen LogP contribution in [-0.4, -0.2) is 62.2 Å². The van der Waals surface area contributed by atoms with Gasteiger partial charge in [-0.15, -0.1) is 0 Å². The molecule has 0 saturated carbocycles. The zero-order valence-corrected chi connectivity index (χ0v) is 20.2. The third-order valence-corrected chi connectivity index (χ3v) is 7.42. The standard InChI is InChI=1S/C23H37N3O4S/c1-5-13-24(14-6-2)23(28)19-17-22(27)26(18-19)20-9-11-21(12-10-20)31(29,30)25(15-7-3)16-8-4/h9-12,19H,5-8,13-18H2,1-4H3/t19-/m1/s1. The van der Waals surface area contributed by atoms with E-state index in [2.05, 4.69) is 0 Å². The van der Waals surface area contributed by atoms with Gasteiger partial charge in [-0.25, -0.2) is 8.42 Å². The molecule has 0 N–H and O–H groups in total. The Morgan fingerprint density at radius 2 is 1.45 bits per heavy atom. The predicted molar refractivity (Wildman–Crippen MR) is 123 cm³/mol. The Kier molecular flexibility index (Phi) is 9.50. The van der Waals surface area contributed by atoms with Gasteiger partial charge in [0.1, 0.15) is 0 Å². The van der Waals surface area contributed by atoms with Gasteiger partial charge in [0.25, 0.3) is 0 Å². The van der Waals surface area contributed by atoms with Crippen molar-refractivity contribution in [1.29, 1.82) is 0 Å². The normalized spacial score (nSPS) is 16.9. The smallest absolute Gasteiger partial charge is 0.243 e. The Morgan fingerprint density at radius 1 is 0.935 bits per heavy atom. The van der Waals surface area contributed by atoms with Gasteiger partial charge in [0.15, 0.2) is 0 Å². The summed E-state index contributed by atoms with van der Waals surface area (Å²) < 4.78 is 27.4. The number of hydrogen-bond donors (Lipinski definition) is 0. The maximum atomic E-state index is 12.9. The first-order chi connectivity index (χ1) is 14.8. The molecule has 1 aliphatic heterocycles. The molecule has 0 unspecified atom stereocenters. The van der Waals surface area contributed by atoms with Crippen LogP contribution in [0.2, 0.25) is 0 Å². The van der Waals surface area contributed by atoms with Crippen LogP contribution in [0.15, 0.2) is 29.2 Å². The molecule has 174 valence electrons. The van der Waals surface area contributed by atoms with E-state index in [-0.39, 0.29) is 29.0 Å². The van der Waals surface area contributed by atoms with E-state index in [4.69, 9.17) is 0 Å². The van der Waals surface area contributed by atoms with Gasteiger partial charge in [-0.3, -0.25) is 9.59 Å². The number of rotatable bonds is 12. The molecule has 1 saturated heterocycles. The summed E-state index contributed by atoms with van der Waals surface area (Å²) in [6, 6.07) is 6.46. The lowest BCUT2D eigenvalue weighted by Gasteiger charge is -2.25. The first kappa shape index (κ1) is 25.3. The van der Waals surface area contributed by atoms with E-state index >= 15 is 0 Å². The zero-order chi connectivity index (χ0) is 23.0. The molecule has 0 radical (unpaired) electrons. The Bertz CT molecular complexity index is 827. The third-order valence-electron chi connectivity index (χ3n) is 5.51. The molecule has 0 aromatic heterocycles. The molecular weight excluding hydrogens is 414 g/mol. The highest BCUT2D eigenvalue weighted by Crippen LogP contribution is 2.28. The summed E-state index contributed by atoms with van der Waals surface area (Å²) in [7, 11) is -3.56. The van der Waals surface area contributed by atoms with Crippen molar-refractivity contribution in [1.82, 2.24) is 9.21 Å². The number of hydrogen-bond acceptors (Lipinski definition) is 4. The molecule has 0 spiro atoms. The Hall–Kier alpha value is -1.93. The first-order valence-electron chi connectivity index (χ1n) is 11.5. The maximum Gasteiger partial charge on any atom is 0.243 e. The summed E-state index contributed by atoms with van der Waals surface area (Å²) in [4.78, 5) is 29.2. The van der Waals surface area contributed by atoms with Gasteiger partial charge in [-0.05, 0) is 49.9 Å². The van der Waals surface area contributed by atoms with Crippen LogP contribution in [0.1, 0.15) is 59.8 Å². The summed E-state index contributed by atoms with van der Waals surface area (Å²) >= 11 is 0. The van der Waals surface area contributed by atoms with E-state index in [1.165, 1.54) is 4.31 Å². The fourth-order valence-electron chi connectivity index (χ4n) is 4.05. The summed E-state index contributed by atoms with van der Waals surface area (Å²) in [5, 5.41) is 0. The maximum absolute atomic E-state index is 12.9. The topological polar surface area (TPSA) is 78.0 Å². The average Bonchev–Trinajstić information content (AvgIpc) is 3.14.